The molecule has 0 aromatic heterocycles. The maximum atomic E-state index is 13.9. The van der Waals surface area contributed by atoms with Gasteiger partial charge in [-0.15, -0.1) is 11.8 Å². The quantitative estimate of drug-likeness (QED) is 0.911. The molecule has 21 heavy (non-hydrogen) atoms. The molecule has 0 aliphatic carbocycles. The van der Waals surface area contributed by atoms with Crippen molar-refractivity contribution >= 4 is 17.7 Å². The van der Waals surface area contributed by atoms with Crippen LogP contribution in [0.4, 0.5) is 4.39 Å². The van der Waals surface area contributed by atoms with Crippen LogP contribution in [0.5, 0.6) is 0 Å². The van der Waals surface area contributed by atoms with Crippen LogP contribution < -0.4 is 5.32 Å². The number of nitrogens with zero attached hydrogens (tertiary/aromatic N) is 1. The van der Waals surface area contributed by atoms with Crippen molar-refractivity contribution in [1.82, 2.24) is 10.2 Å². The minimum Gasteiger partial charge on any atom is -0.343 e. The SMILES string of the molecule is CC(=O)N1CCC(NC2CCSc3c(F)cccc32)CC1. The molecule has 1 aromatic carbocycles. The number of halogens is 1. The van der Waals surface area contributed by atoms with Crippen molar-refractivity contribution in [3.8, 4) is 0 Å². The van der Waals surface area contributed by atoms with Gasteiger partial charge in [-0.2, -0.15) is 0 Å². The highest BCUT2D eigenvalue weighted by molar-refractivity contribution is 7.99. The molecule has 0 saturated carbocycles. The van der Waals surface area contributed by atoms with Gasteiger partial charge < -0.3 is 10.2 Å². The summed E-state index contributed by atoms with van der Waals surface area (Å²) < 4.78 is 13.9. The third-order valence-corrected chi connectivity index (χ3v) is 5.56. The van der Waals surface area contributed by atoms with E-state index in [0.29, 0.717) is 6.04 Å². The second kappa shape index (κ2) is 6.36. The van der Waals surface area contributed by atoms with E-state index in [1.165, 1.54) is 0 Å². The Morgan fingerprint density at radius 3 is 2.81 bits per heavy atom. The van der Waals surface area contributed by atoms with E-state index in [1.54, 1.807) is 30.8 Å². The molecule has 3 rings (SSSR count). The van der Waals surface area contributed by atoms with Crippen LogP contribution >= 0.6 is 11.8 Å². The fourth-order valence-electron chi connectivity index (χ4n) is 3.21. The van der Waals surface area contributed by atoms with E-state index < -0.39 is 0 Å². The number of carbonyl (C=O) groups excluding carboxylic acids is 1. The van der Waals surface area contributed by atoms with E-state index in [4.69, 9.17) is 0 Å². The van der Waals surface area contributed by atoms with Crippen molar-refractivity contribution in [2.45, 2.75) is 43.2 Å². The van der Waals surface area contributed by atoms with E-state index in [-0.39, 0.29) is 17.8 Å². The van der Waals surface area contributed by atoms with Crippen molar-refractivity contribution in [2.24, 2.45) is 0 Å². The molecule has 1 N–H and O–H groups in total. The second-order valence-electron chi connectivity index (χ2n) is 5.79. The normalized spacial score (nSPS) is 23.0. The summed E-state index contributed by atoms with van der Waals surface area (Å²) in [6.07, 6.45) is 3.00. The maximum Gasteiger partial charge on any atom is 0.219 e. The predicted molar refractivity (Wildman–Crippen MR) is 82.9 cm³/mol. The van der Waals surface area contributed by atoms with Gasteiger partial charge in [-0.25, -0.2) is 4.39 Å². The Balaban J connectivity index is 1.65. The molecule has 3 nitrogen and oxygen atoms in total. The minimum atomic E-state index is -0.101. The zero-order valence-corrected chi connectivity index (χ0v) is 13.1. The summed E-state index contributed by atoms with van der Waals surface area (Å²) in [6.45, 7) is 3.28. The Labute approximate surface area is 129 Å². The number of fused-ring (bicyclic) bond motifs is 1. The van der Waals surface area contributed by atoms with Gasteiger partial charge in [0.15, 0.2) is 0 Å². The van der Waals surface area contributed by atoms with Gasteiger partial charge in [-0.05, 0) is 36.6 Å². The lowest BCUT2D eigenvalue weighted by Gasteiger charge is -2.35. The molecule has 0 bridgehead atoms. The number of piperidine rings is 1. The van der Waals surface area contributed by atoms with Gasteiger partial charge >= 0.3 is 0 Å². The molecule has 1 unspecified atom stereocenters. The van der Waals surface area contributed by atoms with Crippen LogP contribution in [0.15, 0.2) is 23.1 Å². The smallest absolute Gasteiger partial charge is 0.219 e. The van der Waals surface area contributed by atoms with Gasteiger partial charge in [-0.3, -0.25) is 4.79 Å². The molecule has 2 aliphatic heterocycles. The Hall–Kier alpha value is -1.07. The zero-order valence-electron chi connectivity index (χ0n) is 12.3. The number of hydrogen-bond donors (Lipinski definition) is 1. The zero-order chi connectivity index (χ0) is 14.8. The molecule has 1 fully saturated rings. The summed E-state index contributed by atoms with van der Waals surface area (Å²) >= 11 is 1.62. The topological polar surface area (TPSA) is 32.3 Å². The number of likely N-dealkylation sites (tertiary alicyclic amines) is 1. The number of rotatable bonds is 2. The number of thioether (sulfide) groups is 1. The van der Waals surface area contributed by atoms with E-state index in [2.05, 4.69) is 5.32 Å². The average Bonchev–Trinajstić information content (AvgIpc) is 2.49. The van der Waals surface area contributed by atoms with Gasteiger partial charge in [0.2, 0.25) is 5.91 Å². The first-order valence-electron chi connectivity index (χ1n) is 7.58. The third-order valence-electron chi connectivity index (χ3n) is 4.40. The Kier molecular flexibility index (Phi) is 4.50. The standard InChI is InChI=1S/C16H21FN2OS/c1-11(20)19-8-5-12(6-9-19)18-15-7-10-21-16-13(15)3-2-4-14(16)17/h2-4,12,15,18H,5-10H2,1H3. The van der Waals surface area contributed by atoms with E-state index in [0.717, 1.165) is 48.6 Å². The summed E-state index contributed by atoms with van der Waals surface area (Å²) in [7, 11) is 0. The third kappa shape index (κ3) is 3.24. The van der Waals surface area contributed by atoms with Gasteiger partial charge in [0, 0.05) is 37.0 Å². The monoisotopic (exact) mass is 308 g/mol. The van der Waals surface area contributed by atoms with Crippen LogP contribution in [0.3, 0.4) is 0 Å². The molecular weight excluding hydrogens is 287 g/mol. The van der Waals surface area contributed by atoms with Crippen LogP contribution in [-0.4, -0.2) is 35.7 Å². The first-order valence-corrected chi connectivity index (χ1v) is 8.56. The number of hydrogen-bond acceptors (Lipinski definition) is 3. The lowest BCUT2D eigenvalue weighted by Crippen LogP contribution is -2.45. The van der Waals surface area contributed by atoms with Crippen molar-refractivity contribution in [3.63, 3.8) is 0 Å². The van der Waals surface area contributed by atoms with Gasteiger partial charge in [0.05, 0.1) is 0 Å². The van der Waals surface area contributed by atoms with Crippen LogP contribution in [-0.2, 0) is 4.79 Å². The maximum absolute atomic E-state index is 13.9. The number of benzene rings is 1. The predicted octanol–water partition coefficient (Wildman–Crippen LogP) is 2.96. The minimum absolute atomic E-state index is 0.101. The van der Waals surface area contributed by atoms with Gasteiger partial charge in [-0.1, -0.05) is 12.1 Å². The second-order valence-corrected chi connectivity index (χ2v) is 6.90. The largest absolute Gasteiger partial charge is 0.343 e. The summed E-state index contributed by atoms with van der Waals surface area (Å²) in [6, 6.07) is 6.04. The average molecular weight is 308 g/mol. The lowest BCUT2D eigenvalue weighted by molar-refractivity contribution is -0.129. The summed E-state index contributed by atoms with van der Waals surface area (Å²) in [5.41, 5.74) is 1.10. The molecule has 1 saturated heterocycles. The number of carbonyl (C=O) groups is 1. The highest BCUT2D eigenvalue weighted by Gasteiger charge is 2.27. The summed E-state index contributed by atoms with van der Waals surface area (Å²) in [4.78, 5) is 14.1. The summed E-state index contributed by atoms with van der Waals surface area (Å²) in [5, 5.41) is 3.68. The first kappa shape index (κ1) is 14.9. The molecule has 1 atom stereocenters. The number of amides is 1. The molecule has 5 heteroatoms. The first-order chi connectivity index (χ1) is 10.1. The van der Waals surface area contributed by atoms with Crippen molar-refractivity contribution in [2.75, 3.05) is 18.8 Å². The number of nitrogens with one attached hydrogen (secondary N) is 1. The van der Waals surface area contributed by atoms with Crippen LogP contribution in [0, 0.1) is 5.82 Å². The Morgan fingerprint density at radius 1 is 1.33 bits per heavy atom. The molecule has 1 amide bonds. The van der Waals surface area contributed by atoms with Crippen molar-refractivity contribution < 1.29 is 9.18 Å². The molecule has 2 heterocycles. The Morgan fingerprint density at radius 2 is 2.10 bits per heavy atom. The molecule has 0 radical (unpaired) electrons. The molecule has 0 spiro atoms. The molecular formula is C16H21FN2OS. The molecule has 114 valence electrons. The van der Waals surface area contributed by atoms with E-state index in [1.807, 2.05) is 11.0 Å². The summed E-state index contributed by atoms with van der Waals surface area (Å²) in [5.74, 6) is 1.02. The lowest BCUT2D eigenvalue weighted by atomic mass is 9.98. The van der Waals surface area contributed by atoms with Crippen LogP contribution in [0.2, 0.25) is 0 Å². The Bertz CT molecular complexity index is 529. The van der Waals surface area contributed by atoms with E-state index in [9.17, 15) is 9.18 Å². The molecule has 1 aromatic rings. The van der Waals surface area contributed by atoms with E-state index >= 15 is 0 Å². The van der Waals surface area contributed by atoms with Gasteiger partial charge in [0.25, 0.3) is 0 Å². The van der Waals surface area contributed by atoms with Gasteiger partial charge in [0.1, 0.15) is 5.82 Å². The molecule has 2 aliphatic rings. The highest BCUT2D eigenvalue weighted by Crippen LogP contribution is 2.38. The fraction of sp³-hybridized carbons (Fsp3) is 0.562. The highest BCUT2D eigenvalue weighted by atomic mass is 32.2. The fourth-order valence-corrected chi connectivity index (χ4v) is 4.35. The van der Waals surface area contributed by atoms with Crippen LogP contribution in [0.1, 0.15) is 37.8 Å². The van der Waals surface area contributed by atoms with Crippen LogP contribution in [0.25, 0.3) is 0 Å². The van der Waals surface area contributed by atoms with Crippen molar-refractivity contribution in [3.05, 3.63) is 29.6 Å². The van der Waals surface area contributed by atoms with Crippen molar-refractivity contribution in [1.29, 1.82) is 0 Å².